The van der Waals surface area contributed by atoms with E-state index in [0.717, 1.165) is 0 Å². The smallest absolute Gasteiger partial charge is 0.251 e. The Balaban J connectivity index is 0.00000450. The minimum absolute atomic E-state index is 0. The molecular weight excluding hydrogens is 542 g/mol. The molecule has 2 rings (SSSR count). The van der Waals surface area contributed by atoms with Crippen LogP contribution in [0.3, 0.4) is 0 Å². The van der Waals surface area contributed by atoms with Crippen molar-refractivity contribution in [2.24, 2.45) is 12.0 Å². The quantitative estimate of drug-likeness (QED) is 0.170. The fourth-order valence-electron chi connectivity index (χ4n) is 2.46. The van der Waals surface area contributed by atoms with Crippen molar-refractivity contribution < 1.29 is 9.90 Å². The maximum absolute atomic E-state index is 12.2. The molecule has 0 spiro atoms. The van der Waals surface area contributed by atoms with Gasteiger partial charge in [0.05, 0.1) is 22.8 Å². The Hall–Kier alpha value is -1.56. The van der Waals surface area contributed by atoms with Crippen LogP contribution in [-0.4, -0.2) is 52.9 Å². The van der Waals surface area contributed by atoms with Gasteiger partial charge in [-0.25, -0.2) is 4.99 Å². The summed E-state index contributed by atoms with van der Waals surface area (Å²) >= 11 is 11.8. The van der Waals surface area contributed by atoms with Gasteiger partial charge in [0.2, 0.25) is 0 Å². The van der Waals surface area contributed by atoms with Gasteiger partial charge in [-0.1, -0.05) is 23.2 Å². The Morgan fingerprint density at radius 2 is 1.93 bits per heavy atom. The molecule has 1 atom stereocenters. The van der Waals surface area contributed by atoms with Crippen LogP contribution in [0.4, 0.5) is 0 Å². The number of aryl methyl sites for hydroxylation is 1. The Kier molecular flexibility index (Phi) is 10.9. The van der Waals surface area contributed by atoms with E-state index in [9.17, 15) is 9.90 Å². The molecule has 0 radical (unpaired) electrons. The first-order valence-corrected chi connectivity index (χ1v) is 9.95. The van der Waals surface area contributed by atoms with Crippen LogP contribution in [0.15, 0.2) is 35.6 Å². The fraction of sp³-hybridized carbons (Fsp3) is 0.421. The van der Waals surface area contributed by atoms with Crippen molar-refractivity contribution in [3.05, 3.63) is 51.8 Å². The number of rotatable bonds is 8. The molecule has 8 nitrogen and oxygen atoms in total. The highest BCUT2D eigenvalue weighted by molar-refractivity contribution is 14.0. The number of guanidine groups is 1. The number of amides is 1. The average molecular weight is 569 g/mol. The number of nitrogens with zero attached hydrogens (tertiary/aromatic N) is 3. The lowest BCUT2D eigenvalue weighted by Gasteiger charge is -2.20. The molecule has 0 aliphatic heterocycles. The van der Waals surface area contributed by atoms with Crippen molar-refractivity contribution in [1.29, 1.82) is 0 Å². The number of aromatic nitrogens is 2. The standard InChI is InChI=1S/C19H26Cl2N6O2.HI/c1-4-22-18(25-12-19(2,29)14-10-26-27(3)11-14)24-8-7-23-17(28)13-5-6-15(20)16(21)9-13;/h5-6,9-11,29H,4,7-8,12H2,1-3H3,(H,23,28)(H2,22,24,25);1H. The van der Waals surface area contributed by atoms with E-state index in [1.807, 2.05) is 6.92 Å². The van der Waals surface area contributed by atoms with Crippen LogP contribution in [-0.2, 0) is 12.6 Å². The molecule has 1 aromatic heterocycles. The van der Waals surface area contributed by atoms with E-state index in [4.69, 9.17) is 23.2 Å². The zero-order valence-electron chi connectivity index (χ0n) is 17.1. The van der Waals surface area contributed by atoms with Crippen molar-refractivity contribution in [3.8, 4) is 0 Å². The Labute approximate surface area is 203 Å². The molecule has 0 saturated heterocycles. The van der Waals surface area contributed by atoms with Crippen LogP contribution in [0, 0.1) is 0 Å². The SMILES string of the molecule is CCNC(=NCC(C)(O)c1cnn(C)c1)NCCNC(=O)c1ccc(Cl)c(Cl)c1.I. The summed E-state index contributed by atoms with van der Waals surface area (Å²) in [6.07, 6.45) is 3.38. The minimum atomic E-state index is -1.14. The Morgan fingerprint density at radius 3 is 2.53 bits per heavy atom. The lowest BCUT2D eigenvalue weighted by atomic mass is 10.0. The van der Waals surface area contributed by atoms with E-state index in [2.05, 4.69) is 26.0 Å². The van der Waals surface area contributed by atoms with Gasteiger partial charge in [0.15, 0.2) is 5.96 Å². The molecule has 1 heterocycles. The molecule has 166 valence electrons. The molecule has 0 bridgehead atoms. The van der Waals surface area contributed by atoms with Gasteiger partial charge in [-0.2, -0.15) is 5.10 Å². The van der Waals surface area contributed by atoms with Gasteiger partial charge < -0.3 is 21.1 Å². The highest BCUT2D eigenvalue weighted by Crippen LogP contribution is 2.22. The van der Waals surface area contributed by atoms with E-state index < -0.39 is 5.60 Å². The van der Waals surface area contributed by atoms with Crippen molar-refractivity contribution in [2.45, 2.75) is 19.4 Å². The lowest BCUT2D eigenvalue weighted by molar-refractivity contribution is 0.0672. The third kappa shape index (κ3) is 7.93. The van der Waals surface area contributed by atoms with Gasteiger partial charge in [-0.05, 0) is 32.0 Å². The van der Waals surface area contributed by atoms with E-state index >= 15 is 0 Å². The largest absolute Gasteiger partial charge is 0.383 e. The number of hydrogen-bond acceptors (Lipinski definition) is 4. The van der Waals surface area contributed by atoms with E-state index in [0.29, 0.717) is 46.8 Å². The van der Waals surface area contributed by atoms with Crippen LogP contribution in [0.1, 0.15) is 29.8 Å². The summed E-state index contributed by atoms with van der Waals surface area (Å²) in [5.41, 5.74) is -0.0143. The monoisotopic (exact) mass is 568 g/mol. The number of nitrogens with one attached hydrogen (secondary N) is 3. The van der Waals surface area contributed by atoms with Crippen LogP contribution in [0.2, 0.25) is 10.0 Å². The second-order valence-corrected chi connectivity index (χ2v) is 7.50. The summed E-state index contributed by atoms with van der Waals surface area (Å²) in [5.74, 6) is 0.298. The van der Waals surface area contributed by atoms with Gasteiger partial charge in [0.1, 0.15) is 5.60 Å². The fourth-order valence-corrected chi connectivity index (χ4v) is 2.76. The molecular formula is C19H27Cl2IN6O2. The maximum Gasteiger partial charge on any atom is 0.251 e. The second kappa shape index (κ2) is 12.3. The number of halogens is 3. The molecule has 0 saturated carbocycles. The van der Waals surface area contributed by atoms with E-state index in [-0.39, 0.29) is 36.4 Å². The number of carbonyl (C=O) groups excluding carboxylic acids is 1. The summed E-state index contributed by atoms with van der Waals surface area (Å²) in [6, 6.07) is 4.73. The van der Waals surface area contributed by atoms with Gasteiger partial charge in [-0.3, -0.25) is 9.48 Å². The van der Waals surface area contributed by atoms with Crippen LogP contribution < -0.4 is 16.0 Å². The zero-order chi connectivity index (χ0) is 21.4. The molecule has 1 aromatic carbocycles. The van der Waals surface area contributed by atoms with Crippen molar-refractivity contribution in [2.75, 3.05) is 26.2 Å². The maximum atomic E-state index is 12.2. The van der Waals surface area contributed by atoms with E-state index in [1.165, 1.54) is 6.07 Å². The third-order valence-electron chi connectivity index (χ3n) is 4.10. The Morgan fingerprint density at radius 1 is 1.23 bits per heavy atom. The summed E-state index contributed by atoms with van der Waals surface area (Å²) < 4.78 is 1.63. The van der Waals surface area contributed by atoms with E-state index in [1.54, 1.807) is 43.2 Å². The number of benzene rings is 1. The molecule has 2 aromatic rings. The summed E-state index contributed by atoms with van der Waals surface area (Å²) in [4.78, 5) is 16.6. The average Bonchev–Trinajstić information content (AvgIpc) is 3.12. The lowest BCUT2D eigenvalue weighted by Crippen LogP contribution is -2.42. The molecule has 0 aliphatic rings. The minimum Gasteiger partial charge on any atom is -0.383 e. The first-order chi connectivity index (χ1) is 13.7. The molecule has 4 N–H and O–H groups in total. The van der Waals surface area contributed by atoms with Gasteiger partial charge in [0.25, 0.3) is 5.91 Å². The Bertz CT molecular complexity index is 872. The zero-order valence-corrected chi connectivity index (χ0v) is 20.9. The van der Waals surface area contributed by atoms with Crippen LogP contribution >= 0.6 is 47.2 Å². The van der Waals surface area contributed by atoms with Crippen molar-refractivity contribution in [3.63, 3.8) is 0 Å². The van der Waals surface area contributed by atoms with Crippen LogP contribution in [0.25, 0.3) is 0 Å². The highest BCUT2D eigenvalue weighted by Gasteiger charge is 2.24. The normalized spacial score (nSPS) is 13.2. The number of aliphatic hydroxyl groups is 1. The summed E-state index contributed by atoms with van der Waals surface area (Å²) in [7, 11) is 1.79. The van der Waals surface area contributed by atoms with Gasteiger partial charge >= 0.3 is 0 Å². The molecule has 0 fully saturated rings. The molecule has 1 amide bonds. The number of aliphatic imine (C=N–C) groups is 1. The first-order valence-electron chi connectivity index (χ1n) is 9.20. The molecule has 11 heteroatoms. The predicted molar refractivity (Wildman–Crippen MR) is 131 cm³/mol. The highest BCUT2D eigenvalue weighted by atomic mass is 127. The summed E-state index contributed by atoms with van der Waals surface area (Å²) in [5, 5.41) is 24.5. The predicted octanol–water partition coefficient (Wildman–Crippen LogP) is 2.54. The van der Waals surface area contributed by atoms with Crippen molar-refractivity contribution in [1.82, 2.24) is 25.7 Å². The third-order valence-corrected chi connectivity index (χ3v) is 4.84. The molecule has 0 aliphatic carbocycles. The topological polar surface area (TPSA) is 104 Å². The van der Waals surface area contributed by atoms with Gasteiger partial charge in [0, 0.05) is 44.0 Å². The molecule has 1 unspecified atom stereocenters. The first kappa shape index (κ1) is 26.5. The number of carbonyl (C=O) groups is 1. The van der Waals surface area contributed by atoms with Crippen molar-refractivity contribution >= 4 is 59.0 Å². The number of hydrogen-bond donors (Lipinski definition) is 4. The second-order valence-electron chi connectivity index (χ2n) is 6.68. The summed E-state index contributed by atoms with van der Waals surface area (Å²) in [6.45, 7) is 5.29. The van der Waals surface area contributed by atoms with Crippen LogP contribution in [0.5, 0.6) is 0 Å². The van der Waals surface area contributed by atoms with Gasteiger partial charge in [-0.15, -0.1) is 24.0 Å². The molecule has 30 heavy (non-hydrogen) atoms.